The van der Waals surface area contributed by atoms with Gasteiger partial charge in [-0.25, -0.2) is 0 Å². The molecule has 3 rings (SSSR count). The Hall–Kier alpha value is -1.60. The summed E-state index contributed by atoms with van der Waals surface area (Å²) in [4.78, 5) is 23.9. The lowest BCUT2D eigenvalue weighted by atomic mass is 10.2. The number of hydrogen-bond acceptors (Lipinski definition) is 4. The number of rotatable bonds is 5. The SMILES string of the molecule is Cl.O=C(Cn1cc(NC(=O)C2CCCN2)cn1)NC1CCCC1. The maximum atomic E-state index is 12.0. The number of aromatic nitrogens is 2. The molecule has 1 aromatic rings. The molecule has 0 bridgehead atoms. The zero-order valence-electron chi connectivity index (χ0n) is 13.1. The van der Waals surface area contributed by atoms with Gasteiger partial charge in [0.2, 0.25) is 11.8 Å². The average Bonchev–Trinajstić information content (AvgIpc) is 3.20. The van der Waals surface area contributed by atoms with Crippen LogP contribution in [0.2, 0.25) is 0 Å². The van der Waals surface area contributed by atoms with Crippen molar-refractivity contribution in [3.63, 3.8) is 0 Å². The Labute approximate surface area is 142 Å². The molecule has 1 aliphatic carbocycles. The van der Waals surface area contributed by atoms with Crippen LogP contribution in [0.25, 0.3) is 0 Å². The highest BCUT2D eigenvalue weighted by atomic mass is 35.5. The summed E-state index contributed by atoms with van der Waals surface area (Å²) < 4.78 is 1.56. The Morgan fingerprint density at radius 2 is 2.04 bits per heavy atom. The van der Waals surface area contributed by atoms with E-state index in [1.807, 2.05) is 0 Å². The maximum Gasteiger partial charge on any atom is 0.241 e. The van der Waals surface area contributed by atoms with E-state index in [1.54, 1.807) is 17.1 Å². The molecule has 8 heteroatoms. The van der Waals surface area contributed by atoms with Gasteiger partial charge >= 0.3 is 0 Å². The minimum absolute atomic E-state index is 0. The van der Waals surface area contributed by atoms with Gasteiger partial charge in [-0.2, -0.15) is 5.10 Å². The van der Waals surface area contributed by atoms with Gasteiger partial charge in [0, 0.05) is 12.2 Å². The lowest BCUT2D eigenvalue weighted by Crippen LogP contribution is -2.35. The number of carbonyl (C=O) groups excluding carboxylic acids is 2. The molecule has 1 saturated heterocycles. The van der Waals surface area contributed by atoms with E-state index in [9.17, 15) is 9.59 Å². The van der Waals surface area contributed by atoms with Crippen LogP contribution in [0.15, 0.2) is 12.4 Å². The van der Waals surface area contributed by atoms with Crippen LogP contribution < -0.4 is 16.0 Å². The predicted molar refractivity (Wildman–Crippen MR) is 89.5 cm³/mol. The van der Waals surface area contributed by atoms with Crippen LogP contribution in [0, 0.1) is 0 Å². The fourth-order valence-electron chi connectivity index (χ4n) is 3.14. The van der Waals surface area contributed by atoms with Crippen molar-refractivity contribution in [1.82, 2.24) is 20.4 Å². The first kappa shape index (κ1) is 17.7. The molecular formula is C15H24ClN5O2. The number of carbonyl (C=O) groups is 2. The summed E-state index contributed by atoms with van der Waals surface area (Å²) in [7, 11) is 0. The van der Waals surface area contributed by atoms with Crippen molar-refractivity contribution in [1.29, 1.82) is 0 Å². The zero-order valence-corrected chi connectivity index (χ0v) is 13.9. The molecule has 3 N–H and O–H groups in total. The van der Waals surface area contributed by atoms with E-state index in [0.29, 0.717) is 11.7 Å². The third kappa shape index (κ3) is 4.94. The van der Waals surface area contributed by atoms with Crippen LogP contribution in [-0.2, 0) is 16.1 Å². The first-order valence-corrected chi connectivity index (χ1v) is 8.07. The molecule has 2 aliphatic rings. The third-order valence-corrected chi connectivity index (χ3v) is 4.30. The second-order valence-corrected chi connectivity index (χ2v) is 6.11. The normalized spacial score (nSPS) is 21.0. The molecule has 7 nitrogen and oxygen atoms in total. The number of nitrogens with one attached hydrogen (secondary N) is 3. The number of nitrogens with zero attached hydrogens (tertiary/aromatic N) is 2. The van der Waals surface area contributed by atoms with Gasteiger partial charge in [0.05, 0.1) is 17.9 Å². The topological polar surface area (TPSA) is 88.1 Å². The molecule has 2 heterocycles. The molecule has 2 amide bonds. The molecule has 1 saturated carbocycles. The van der Waals surface area contributed by atoms with Gasteiger partial charge in [-0.05, 0) is 32.2 Å². The second-order valence-electron chi connectivity index (χ2n) is 6.11. The number of amides is 2. The van der Waals surface area contributed by atoms with Crippen molar-refractivity contribution < 1.29 is 9.59 Å². The van der Waals surface area contributed by atoms with Crippen molar-refractivity contribution in [2.75, 3.05) is 11.9 Å². The fraction of sp³-hybridized carbons (Fsp3) is 0.667. The Bertz CT molecular complexity index is 536. The molecule has 1 unspecified atom stereocenters. The number of halogens is 1. The first-order chi connectivity index (χ1) is 10.7. The van der Waals surface area contributed by atoms with Crippen molar-refractivity contribution in [3.05, 3.63) is 12.4 Å². The van der Waals surface area contributed by atoms with Crippen LogP contribution in [0.1, 0.15) is 38.5 Å². The van der Waals surface area contributed by atoms with Crippen molar-refractivity contribution in [2.24, 2.45) is 0 Å². The molecule has 1 aliphatic heterocycles. The fourth-order valence-corrected chi connectivity index (χ4v) is 3.14. The summed E-state index contributed by atoms with van der Waals surface area (Å²) in [5.41, 5.74) is 0.632. The van der Waals surface area contributed by atoms with E-state index >= 15 is 0 Å². The average molecular weight is 342 g/mol. The van der Waals surface area contributed by atoms with Gasteiger partial charge in [0.25, 0.3) is 0 Å². The van der Waals surface area contributed by atoms with Crippen molar-refractivity contribution >= 4 is 29.9 Å². The van der Waals surface area contributed by atoms with E-state index < -0.39 is 0 Å². The minimum Gasteiger partial charge on any atom is -0.352 e. The van der Waals surface area contributed by atoms with Crippen LogP contribution in [0.5, 0.6) is 0 Å². The van der Waals surface area contributed by atoms with Gasteiger partial charge in [-0.1, -0.05) is 12.8 Å². The van der Waals surface area contributed by atoms with Crippen LogP contribution in [-0.4, -0.2) is 40.2 Å². The van der Waals surface area contributed by atoms with Crippen LogP contribution in [0.3, 0.4) is 0 Å². The second kappa shape index (κ2) is 8.31. The number of anilines is 1. The van der Waals surface area contributed by atoms with Gasteiger partial charge in [0.15, 0.2) is 0 Å². The Balaban J connectivity index is 0.00000192. The van der Waals surface area contributed by atoms with E-state index in [-0.39, 0.29) is 36.8 Å². The van der Waals surface area contributed by atoms with Gasteiger partial charge < -0.3 is 16.0 Å². The number of hydrogen-bond donors (Lipinski definition) is 3. The van der Waals surface area contributed by atoms with Crippen molar-refractivity contribution in [3.8, 4) is 0 Å². The largest absolute Gasteiger partial charge is 0.352 e. The van der Waals surface area contributed by atoms with Crippen LogP contribution in [0.4, 0.5) is 5.69 Å². The molecule has 0 radical (unpaired) electrons. The van der Waals surface area contributed by atoms with E-state index in [0.717, 1.165) is 32.2 Å². The molecule has 128 valence electrons. The lowest BCUT2D eigenvalue weighted by Gasteiger charge is -2.11. The summed E-state index contributed by atoms with van der Waals surface area (Å²) in [5.74, 6) is -0.0576. The molecule has 23 heavy (non-hydrogen) atoms. The van der Waals surface area contributed by atoms with Crippen molar-refractivity contribution in [2.45, 2.75) is 57.2 Å². The van der Waals surface area contributed by atoms with E-state index in [2.05, 4.69) is 21.0 Å². The summed E-state index contributed by atoms with van der Waals surface area (Å²) in [6.45, 7) is 1.08. The van der Waals surface area contributed by atoms with Crippen LogP contribution >= 0.6 is 12.4 Å². The molecule has 0 aromatic carbocycles. The third-order valence-electron chi connectivity index (χ3n) is 4.30. The molecule has 1 atom stereocenters. The first-order valence-electron chi connectivity index (χ1n) is 8.07. The summed E-state index contributed by atoms with van der Waals surface area (Å²) in [6.07, 6.45) is 9.69. The van der Waals surface area contributed by atoms with E-state index in [4.69, 9.17) is 0 Å². The van der Waals surface area contributed by atoms with Gasteiger partial charge in [-0.3, -0.25) is 14.3 Å². The quantitative estimate of drug-likeness (QED) is 0.747. The van der Waals surface area contributed by atoms with Gasteiger partial charge in [-0.15, -0.1) is 12.4 Å². The minimum atomic E-state index is -0.117. The zero-order chi connectivity index (χ0) is 15.4. The molecule has 1 aromatic heterocycles. The molecule has 0 spiro atoms. The highest BCUT2D eigenvalue weighted by Crippen LogP contribution is 2.17. The Morgan fingerprint density at radius 3 is 2.74 bits per heavy atom. The Morgan fingerprint density at radius 1 is 1.26 bits per heavy atom. The van der Waals surface area contributed by atoms with Gasteiger partial charge in [0.1, 0.15) is 6.54 Å². The lowest BCUT2D eigenvalue weighted by molar-refractivity contribution is -0.122. The molecular weight excluding hydrogens is 318 g/mol. The summed E-state index contributed by atoms with van der Waals surface area (Å²) in [5, 5.41) is 13.1. The Kier molecular flexibility index (Phi) is 6.41. The maximum absolute atomic E-state index is 12.0. The highest BCUT2D eigenvalue weighted by molar-refractivity contribution is 5.94. The predicted octanol–water partition coefficient (Wildman–Crippen LogP) is 1.05. The molecule has 2 fully saturated rings. The van der Waals surface area contributed by atoms with E-state index in [1.165, 1.54) is 12.8 Å². The monoisotopic (exact) mass is 341 g/mol. The summed E-state index contributed by atoms with van der Waals surface area (Å²) in [6, 6.07) is 0.199. The standard InChI is InChI=1S/C15H23N5O2.ClH/c21-14(18-11-4-1-2-5-11)10-20-9-12(8-17-20)19-15(22)13-6-3-7-16-13;/h8-9,11,13,16H,1-7,10H2,(H,18,21)(H,19,22);1H. The smallest absolute Gasteiger partial charge is 0.241 e. The highest BCUT2D eigenvalue weighted by Gasteiger charge is 2.22. The summed E-state index contributed by atoms with van der Waals surface area (Å²) >= 11 is 0.